The van der Waals surface area contributed by atoms with E-state index in [1.54, 1.807) is 0 Å². The molecule has 0 unspecified atom stereocenters. The van der Waals surface area contributed by atoms with E-state index in [0.29, 0.717) is 0 Å². The van der Waals surface area contributed by atoms with Gasteiger partial charge in [0.15, 0.2) is 0 Å². The standard InChI is InChI=1S/C36H25N/c1-3-10-31(11-4-1)37(32-12-5-2-6-13-32)33-23-15-26(16-24-33)14-17-27-18-19-30-21-20-28-8-7-9-29-22-25-34(27)36(30)35(28)29/h1-25H. The summed E-state index contributed by atoms with van der Waals surface area (Å²) in [6.07, 6.45) is 4.46. The molecule has 7 aromatic rings. The quantitative estimate of drug-likeness (QED) is 0.178. The molecular formula is C36H25N. The van der Waals surface area contributed by atoms with E-state index in [-0.39, 0.29) is 0 Å². The number of benzene rings is 7. The van der Waals surface area contributed by atoms with Crippen molar-refractivity contribution in [2.75, 3.05) is 4.90 Å². The highest BCUT2D eigenvalue weighted by atomic mass is 15.1. The molecule has 0 amide bonds. The minimum atomic E-state index is 1.14. The SMILES string of the molecule is C(=Cc1ccc2ccc3cccc4ccc1c2c34)c1ccc(N(c2ccccc2)c2ccccc2)cc1. The average Bonchev–Trinajstić information content (AvgIpc) is 2.97. The number of rotatable bonds is 5. The molecule has 1 nitrogen and oxygen atoms in total. The summed E-state index contributed by atoms with van der Waals surface area (Å²) in [4.78, 5) is 2.29. The summed E-state index contributed by atoms with van der Waals surface area (Å²) < 4.78 is 0. The van der Waals surface area contributed by atoms with Crippen LogP contribution in [0.15, 0.2) is 140 Å². The topological polar surface area (TPSA) is 3.24 Å². The van der Waals surface area contributed by atoms with Crippen LogP contribution in [0.2, 0.25) is 0 Å². The van der Waals surface area contributed by atoms with E-state index >= 15 is 0 Å². The molecule has 0 aromatic heterocycles. The molecule has 37 heavy (non-hydrogen) atoms. The smallest absolute Gasteiger partial charge is 0.0462 e. The van der Waals surface area contributed by atoms with Crippen molar-refractivity contribution in [3.05, 3.63) is 151 Å². The Morgan fingerprint density at radius 2 is 0.919 bits per heavy atom. The second-order valence-corrected chi connectivity index (χ2v) is 9.44. The lowest BCUT2D eigenvalue weighted by molar-refractivity contribution is 1.28. The molecule has 0 spiro atoms. The fourth-order valence-corrected chi connectivity index (χ4v) is 5.43. The highest BCUT2D eigenvalue weighted by Gasteiger charge is 2.12. The van der Waals surface area contributed by atoms with E-state index in [1.165, 1.54) is 43.4 Å². The van der Waals surface area contributed by atoms with Crippen molar-refractivity contribution in [1.82, 2.24) is 0 Å². The molecule has 7 aromatic carbocycles. The van der Waals surface area contributed by atoms with Crippen LogP contribution in [0.5, 0.6) is 0 Å². The molecule has 0 N–H and O–H groups in total. The first-order valence-electron chi connectivity index (χ1n) is 12.7. The lowest BCUT2D eigenvalue weighted by atomic mass is 9.92. The molecule has 0 aliphatic carbocycles. The summed E-state index contributed by atoms with van der Waals surface area (Å²) in [6.45, 7) is 0. The molecule has 1 heteroatoms. The normalized spacial score (nSPS) is 11.7. The summed E-state index contributed by atoms with van der Waals surface area (Å²) in [5.41, 5.74) is 5.84. The van der Waals surface area contributed by atoms with Crippen molar-refractivity contribution in [3.8, 4) is 0 Å². The highest BCUT2D eigenvalue weighted by molar-refractivity contribution is 6.24. The zero-order chi connectivity index (χ0) is 24.6. The number of nitrogens with zero attached hydrogens (tertiary/aromatic N) is 1. The van der Waals surface area contributed by atoms with Crippen LogP contribution in [-0.4, -0.2) is 0 Å². The molecule has 0 saturated carbocycles. The lowest BCUT2D eigenvalue weighted by Crippen LogP contribution is -2.09. The van der Waals surface area contributed by atoms with Gasteiger partial charge in [0.25, 0.3) is 0 Å². The largest absolute Gasteiger partial charge is 0.311 e. The van der Waals surface area contributed by atoms with Crippen molar-refractivity contribution >= 4 is 61.5 Å². The second kappa shape index (κ2) is 8.96. The maximum absolute atomic E-state index is 2.29. The predicted molar refractivity (Wildman–Crippen MR) is 160 cm³/mol. The Morgan fingerprint density at radius 3 is 1.57 bits per heavy atom. The summed E-state index contributed by atoms with van der Waals surface area (Å²) in [5.74, 6) is 0. The Hall–Kier alpha value is -4.88. The van der Waals surface area contributed by atoms with Gasteiger partial charge in [0.05, 0.1) is 0 Å². The van der Waals surface area contributed by atoms with Crippen LogP contribution in [0.25, 0.3) is 44.5 Å². The lowest BCUT2D eigenvalue weighted by Gasteiger charge is -2.25. The molecule has 0 radical (unpaired) electrons. The van der Waals surface area contributed by atoms with Gasteiger partial charge < -0.3 is 4.90 Å². The minimum absolute atomic E-state index is 1.14. The predicted octanol–water partition coefficient (Wildman–Crippen LogP) is 10.2. The summed E-state index contributed by atoms with van der Waals surface area (Å²) in [7, 11) is 0. The van der Waals surface area contributed by atoms with Gasteiger partial charge in [-0.05, 0) is 79.8 Å². The third-order valence-electron chi connectivity index (χ3n) is 7.20. The van der Waals surface area contributed by atoms with Crippen LogP contribution < -0.4 is 4.90 Å². The summed E-state index contributed by atoms with van der Waals surface area (Å²) in [6, 6.07) is 49.8. The Bertz CT molecular complexity index is 1790. The van der Waals surface area contributed by atoms with Gasteiger partial charge in [0.2, 0.25) is 0 Å². The number of anilines is 3. The number of hydrogen-bond donors (Lipinski definition) is 0. The highest BCUT2D eigenvalue weighted by Crippen LogP contribution is 2.37. The maximum Gasteiger partial charge on any atom is 0.0462 e. The van der Waals surface area contributed by atoms with Crippen LogP contribution in [0.3, 0.4) is 0 Å². The van der Waals surface area contributed by atoms with E-state index in [4.69, 9.17) is 0 Å². The van der Waals surface area contributed by atoms with E-state index < -0.39 is 0 Å². The Kier molecular flexibility index (Phi) is 5.19. The Balaban J connectivity index is 1.25. The average molecular weight is 472 g/mol. The van der Waals surface area contributed by atoms with Gasteiger partial charge >= 0.3 is 0 Å². The molecule has 0 aliphatic heterocycles. The third kappa shape index (κ3) is 3.82. The first-order chi connectivity index (χ1) is 18.3. The van der Waals surface area contributed by atoms with Gasteiger partial charge in [-0.1, -0.05) is 115 Å². The van der Waals surface area contributed by atoms with Crippen molar-refractivity contribution in [2.24, 2.45) is 0 Å². The first kappa shape index (κ1) is 21.4. The van der Waals surface area contributed by atoms with Gasteiger partial charge in [0, 0.05) is 17.1 Å². The van der Waals surface area contributed by atoms with Gasteiger partial charge in [-0.2, -0.15) is 0 Å². The molecule has 0 bridgehead atoms. The first-order valence-corrected chi connectivity index (χ1v) is 12.7. The van der Waals surface area contributed by atoms with Crippen molar-refractivity contribution in [2.45, 2.75) is 0 Å². The fourth-order valence-electron chi connectivity index (χ4n) is 5.43. The minimum Gasteiger partial charge on any atom is -0.311 e. The zero-order valence-corrected chi connectivity index (χ0v) is 20.4. The van der Waals surface area contributed by atoms with Crippen LogP contribution in [0.4, 0.5) is 17.1 Å². The monoisotopic (exact) mass is 471 g/mol. The molecule has 0 atom stereocenters. The molecular weight excluding hydrogens is 446 g/mol. The van der Waals surface area contributed by atoms with Crippen LogP contribution in [0, 0.1) is 0 Å². The van der Waals surface area contributed by atoms with E-state index in [9.17, 15) is 0 Å². The van der Waals surface area contributed by atoms with Crippen molar-refractivity contribution < 1.29 is 0 Å². The van der Waals surface area contributed by atoms with Crippen LogP contribution in [0.1, 0.15) is 11.1 Å². The maximum atomic E-state index is 2.29. The summed E-state index contributed by atoms with van der Waals surface area (Å²) >= 11 is 0. The van der Waals surface area contributed by atoms with E-state index in [0.717, 1.165) is 17.1 Å². The molecule has 7 rings (SSSR count). The third-order valence-corrected chi connectivity index (χ3v) is 7.20. The van der Waals surface area contributed by atoms with Crippen molar-refractivity contribution in [3.63, 3.8) is 0 Å². The number of para-hydroxylation sites is 2. The molecule has 0 aliphatic rings. The van der Waals surface area contributed by atoms with Crippen LogP contribution in [-0.2, 0) is 0 Å². The van der Waals surface area contributed by atoms with Gasteiger partial charge in [-0.3, -0.25) is 0 Å². The van der Waals surface area contributed by atoms with Gasteiger partial charge in [0.1, 0.15) is 0 Å². The Morgan fingerprint density at radius 1 is 0.378 bits per heavy atom. The number of hydrogen-bond acceptors (Lipinski definition) is 1. The molecule has 0 saturated heterocycles. The van der Waals surface area contributed by atoms with Gasteiger partial charge in [-0.15, -0.1) is 0 Å². The Labute approximate surface area is 216 Å². The van der Waals surface area contributed by atoms with Crippen molar-refractivity contribution in [1.29, 1.82) is 0 Å². The summed E-state index contributed by atoms with van der Waals surface area (Å²) in [5, 5.41) is 7.91. The molecule has 174 valence electrons. The fraction of sp³-hybridized carbons (Fsp3) is 0. The molecule has 0 heterocycles. The molecule has 0 fully saturated rings. The van der Waals surface area contributed by atoms with E-state index in [1.807, 2.05) is 0 Å². The second-order valence-electron chi connectivity index (χ2n) is 9.44. The van der Waals surface area contributed by atoms with E-state index in [2.05, 4.69) is 157 Å². The zero-order valence-electron chi connectivity index (χ0n) is 20.4. The van der Waals surface area contributed by atoms with Crippen LogP contribution >= 0.6 is 0 Å². The van der Waals surface area contributed by atoms with Gasteiger partial charge in [-0.25, -0.2) is 0 Å².